The highest BCUT2D eigenvalue weighted by atomic mass is 35.5. The van der Waals surface area contributed by atoms with Gasteiger partial charge in [0.2, 0.25) is 0 Å². The molecule has 0 bridgehead atoms. The van der Waals surface area contributed by atoms with Crippen molar-refractivity contribution in [1.82, 2.24) is 15.4 Å². The molecule has 1 aliphatic rings. The van der Waals surface area contributed by atoms with Crippen molar-refractivity contribution in [2.45, 2.75) is 0 Å². The molecule has 1 amide bonds. The quantitative estimate of drug-likeness (QED) is 0.377. The van der Waals surface area contributed by atoms with Crippen LogP contribution < -0.4 is 26.4 Å². The minimum absolute atomic E-state index is 0.272. The molecular formula is C25H24ClN7O. The average Bonchev–Trinajstić information content (AvgIpc) is 2.88. The molecule has 34 heavy (non-hydrogen) atoms. The maximum atomic E-state index is 12.8. The van der Waals surface area contributed by atoms with Crippen LogP contribution in [0.2, 0.25) is 5.02 Å². The van der Waals surface area contributed by atoms with Crippen LogP contribution in [0.5, 0.6) is 0 Å². The number of nitrogen functional groups attached to an aromatic ring is 1. The molecule has 4 N–H and O–H groups in total. The lowest BCUT2D eigenvalue weighted by Crippen LogP contribution is -2.47. The Hall–Kier alpha value is -4.04. The van der Waals surface area contributed by atoms with Gasteiger partial charge in [-0.2, -0.15) is 0 Å². The lowest BCUT2D eigenvalue weighted by Gasteiger charge is -2.37. The number of anilines is 4. The summed E-state index contributed by atoms with van der Waals surface area (Å²) in [5.74, 6) is 0.727. The van der Waals surface area contributed by atoms with E-state index in [0.717, 1.165) is 47.7 Å². The maximum absolute atomic E-state index is 12.8. The van der Waals surface area contributed by atoms with Crippen LogP contribution in [0.1, 0.15) is 10.4 Å². The Bertz CT molecular complexity index is 1330. The van der Waals surface area contributed by atoms with Crippen LogP contribution >= 0.6 is 11.6 Å². The Morgan fingerprint density at radius 3 is 2.47 bits per heavy atom. The third-order valence-corrected chi connectivity index (χ3v) is 6.18. The number of hydrogen-bond donors (Lipinski definition) is 3. The molecule has 3 aromatic carbocycles. The van der Waals surface area contributed by atoms with E-state index >= 15 is 0 Å². The summed E-state index contributed by atoms with van der Waals surface area (Å²) < 4.78 is 0. The van der Waals surface area contributed by atoms with Crippen molar-refractivity contribution in [3.8, 4) is 0 Å². The Balaban J connectivity index is 1.26. The summed E-state index contributed by atoms with van der Waals surface area (Å²) in [7, 11) is 0. The molecule has 1 saturated heterocycles. The normalized spacial score (nSPS) is 13.7. The number of carbonyl (C=O) groups excluding carboxylic acids is 1. The van der Waals surface area contributed by atoms with Crippen LogP contribution in [-0.4, -0.2) is 42.1 Å². The number of hydrogen-bond acceptors (Lipinski definition) is 7. The molecule has 1 aromatic heterocycles. The van der Waals surface area contributed by atoms with Gasteiger partial charge in [-0.15, -0.1) is 0 Å². The summed E-state index contributed by atoms with van der Waals surface area (Å²) in [6.45, 7) is 3.11. The zero-order valence-corrected chi connectivity index (χ0v) is 19.2. The Labute approximate surface area is 202 Å². The molecule has 0 spiro atoms. The number of fused-ring (bicyclic) bond motifs is 1. The molecule has 0 saturated carbocycles. The molecule has 8 nitrogen and oxygen atoms in total. The van der Waals surface area contributed by atoms with Crippen LogP contribution in [-0.2, 0) is 0 Å². The second kappa shape index (κ2) is 9.44. The monoisotopic (exact) mass is 473 g/mol. The number of benzene rings is 3. The number of rotatable bonds is 5. The van der Waals surface area contributed by atoms with E-state index < -0.39 is 0 Å². The van der Waals surface area contributed by atoms with E-state index in [9.17, 15) is 4.79 Å². The first kappa shape index (κ1) is 21.8. The molecule has 5 rings (SSSR count). The summed E-state index contributed by atoms with van der Waals surface area (Å²) in [5.41, 5.74) is 14.0. The molecule has 2 heterocycles. The molecule has 9 heteroatoms. The van der Waals surface area contributed by atoms with Crippen molar-refractivity contribution in [1.29, 1.82) is 0 Å². The van der Waals surface area contributed by atoms with Gasteiger partial charge in [0.1, 0.15) is 12.0 Å². The smallest absolute Gasteiger partial charge is 0.270 e. The van der Waals surface area contributed by atoms with E-state index in [4.69, 9.17) is 17.3 Å². The lowest BCUT2D eigenvalue weighted by molar-refractivity contribution is 0.0964. The van der Waals surface area contributed by atoms with Crippen LogP contribution in [0.25, 0.3) is 10.8 Å². The van der Waals surface area contributed by atoms with E-state index in [1.54, 1.807) is 6.07 Å². The van der Waals surface area contributed by atoms with E-state index in [0.29, 0.717) is 22.9 Å². The number of nitrogens with zero attached hydrogens (tertiary/aromatic N) is 4. The first-order chi connectivity index (χ1) is 16.6. The van der Waals surface area contributed by atoms with E-state index in [1.165, 1.54) is 6.33 Å². The predicted octanol–water partition coefficient (Wildman–Crippen LogP) is 3.95. The van der Waals surface area contributed by atoms with Gasteiger partial charge >= 0.3 is 0 Å². The van der Waals surface area contributed by atoms with Gasteiger partial charge in [-0.05, 0) is 35.0 Å². The fraction of sp³-hybridized carbons (Fsp3) is 0.160. The van der Waals surface area contributed by atoms with Gasteiger partial charge in [0.25, 0.3) is 5.91 Å². The number of amides is 1. The summed E-state index contributed by atoms with van der Waals surface area (Å²) in [4.78, 5) is 25.9. The minimum Gasteiger partial charge on any atom is -0.393 e. The van der Waals surface area contributed by atoms with Crippen molar-refractivity contribution in [2.75, 3.05) is 47.1 Å². The van der Waals surface area contributed by atoms with Crippen molar-refractivity contribution in [3.63, 3.8) is 0 Å². The largest absolute Gasteiger partial charge is 0.393 e. The molecule has 1 aliphatic heterocycles. The second-order valence-electron chi connectivity index (χ2n) is 8.02. The van der Waals surface area contributed by atoms with Crippen LogP contribution in [0.3, 0.4) is 0 Å². The summed E-state index contributed by atoms with van der Waals surface area (Å²) >= 11 is 6.14. The molecule has 0 radical (unpaired) electrons. The van der Waals surface area contributed by atoms with Gasteiger partial charge in [-0.25, -0.2) is 9.97 Å². The van der Waals surface area contributed by atoms with E-state index in [2.05, 4.69) is 36.7 Å². The zero-order chi connectivity index (χ0) is 23.5. The summed E-state index contributed by atoms with van der Waals surface area (Å²) in [6.07, 6.45) is 1.45. The molecule has 1 fully saturated rings. The predicted molar refractivity (Wildman–Crippen MR) is 137 cm³/mol. The van der Waals surface area contributed by atoms with Gasteiger partial charge in [0.15, 0.2) is 11.6 Å². The first-order valence-corrected chi connectivity index (χ1v) is 11.4. The number of aromatic nitrogens is 2. The second-order valence-corrected chi connectivity index (χ2v) is 8.46. The maximum Gasteiger partial charge on any atom is 0.270 e. The lowest BCUT2D eigenvalue weighted by atomic mass is 10.0. The van der Waals surface area contributed by atoms with Crippen LogP contribution in [0, 0.1) is 0 Å². The summed E-state index contributed by atoms with van der Waals surface area (Å²) in [5, 5.41) is 2.59. The number of halogens is 1. The highest BCUT2D eigenvalue weighted by molar-refractivity contribution is 6.30. The van der Waals surface area contributed by atoms with E-state index in [1.807, 2.05) is 54.6 Å². The number of hydrazine groups is 1. The fourth-order valence-electron chi connectivity index (χ4n) is 4.19. The van der Waals surface area contributed by atoms with Crippen molar-refractivity contribution in [3.05, 3.63) is 83.6 Å². The highest BCUT2D eigenvalue weighted by Crippen LogP contribution is 2.28. The Morgan fingerprint density at radius 1 is 0.912 bits per heavy atom. The topological polar surface area (TPSA) is 99.4 Å². The Kier molecular flexibility index (Phi) is 6.05. The van der Waals surface area contributed by atoms with Crippen molar-refractivity contribution >= 4 is 51.3 Å². The van der Waals surface area contributed by atoms with Gasteiger partial charge in [-0.3, -0.25) is 15.6 Å². The SMILES string of the molecule is Nc1c(NNC(=O)c2cccc3ccccc23)ncnc1N1CCN(c2cccc(Cl)c2)CC1. The van der Waals surface area contributed by atoms with Gasteiger partial charge in [-0.1, -0.05) is 54.1 Å². The number of piperazine rings is 1. The molecule has 172 valence electrons. The van der Waals surface area contributed by atoms with Gasteiger partial charge in [0.05, 0.1) is 0 Å². The highest BCUT2D eigenvalue weighted by Gasteiger charge is 2.22. The zero-order valence-electron chi connectivity index (χ0n) is 18.4. The van der Waals surface area contributed by atoms with E-state index in [-0.39, 0.29) is 5.91 Å². The number of nitrogens with two attached hydrogens (primary N) is 1. The van der Waals surface area contributed by atoms with Gasteiger partial charge in [0, 0.05) is 42.5 Å². The first-order valence-electron chi connectivity index (χ1n) is 11.0. The molecule has 0 unspecified atom stereocenters. The number of carbonyl (C=O) groups is 1. The number of nitrogens with one attached hydrogen (secondary N) is 2. The Morgan fingerprint density at radius 2 is 1.65 bits per heavy atom. The third kappa shape index (κ3) is 4.40. The van der Waals surface area contributed by atoms with Crippen LogP contribution in [0.15, 0.2) is 73.1 Å². The van der Waals surface area contributed by atoms with Gasteiger partial charge < -0.3 is 15.5 Å². The average molecular weight is 474 g/mol. The summed E-state index contributed by atoms with van der Waals surface area (Å²) in [6, 6.07) is 21.2. The molecule has 0 aliphatic carbocycles. The molecular weight excluding hydrogens is 450 g/mol. The third-order valence-electron chi connectivity index (χ3n) is 5.94. The fourth-order valence-corrected chi connectivity index (χ4v) is 4.38. The van der Waals surface area contributed by atoms with Crippen molar-refractivity contribution < 1.29 is 4.79 Å². The van der Waals surface area contributed by atoms with Crippen LogP contribution in [0.4, 0.5) is 23.0 Å². The van der Waals surface area contributed by atoms with Crippen molar-refractivity contribution in [2.24, 2.45) is 0 Å². The standard InChI is InChI=1S/C25H24ClN7O/c26-18-7-4-8-19(15-18)32-11-13-33(14-12-32)24-22(27)23(28-16-29-24)30-31-25(34)21-10-3-6-17-5-1-2-9-20(17)21/h1-10,15-16H,11-14,27H2,(H,31,34)(H,28,29,30). The minimum atomic E-state index is -0.272. The molecule has 4 aromatic rings. The molecule has 0 atom stereocenters.